The fourth-order valence-corrected chi connectivity index (χ4v) is 4.38. The summed E-state index contributed by atoms with van der Waals surface area (Å²) in [4.78, 5) is 13.8. The number of anilines is 1. The number of hydrogen-bond donors (Lipinski definition) is 1. The molecule has 2 aromatic heterocycles. The van der Waals surface area contributed by atoms with Gasteiger partial charge in [0.1, 0.15) is 0 Å². The van der Waals surface area contributed by atoms with Crippen LogP contribution in [-0.2, 0) is 6.42 Å². The second-order valence-corrected chi connectivity index (χ2v) is 7.57. The normalized spacial score (nSPS) is 15.4. The number of guanidine groups is 1. The fraction of sp³-hybridized carbons (Fsp3) is 0.333. The van der Waals surface area contributed by atoms with Crippen LogP contribution < -0.4 is 10.2 Å². The van der Waals surface area contributed by atoms with Crippen molar-refractivity contribution in [2.45, 2.75) is 6.42 Å². The van der Waals surface area contributed by atoms with Gasteiger partial charge in [-0.25, -0.2) is 0 Å². The Balaban J connectivity index is 1.32. The van der Waals surface area contributed by atoms with Crippen molar-refractivity contribution in [2.75, 3.05) is 44.7 Å². The molecule has 27 heavy (non-hydrogen) atoms. The summed E-state index contributed by atoms with van der Waals surface area (Å²) in [6.07, 6.45) is 2.80. The van der Waals surface area contributed by atoms with Gasteiger partial charge in [0.05, 0.1) is 10.5 Å². The van der Waals surface area contributed by atoms with E-state index in [1.165, 1.54) is 16.0 Å². The van der Waals surface area contributed by atoms with Crippen LogP contribution in [0.1, 0.15) is 5.56 Å². The van der Waals surface area contributed by atoms with E-state index in [0.717, 1.165) is 50.6 Å². The minimum atomic E-state index is 0.855. The van der Waals surface area contributed by atoms with Crippen LogP contribution in [0.5, 0.6) is 0 Å². The summed E-state index contributed by atoms with van der Waals surface area (Å²) in [6.45, 7) is 4.91. The van der Waals surface area contributed by atoms with Crippen molar-refractivity contribution < 1.29 is 0 Å². The van der Waals surface area contributed by atoms with E-state index >= 15 is 0 Å². The van der Waals surface area contributed by atoms with Crippen molar-refractivity contribution >= 4 is 33.2 Å². The summed E-state index contributed by atoms with van der Waals surface area (Å²) in [7, 11) is 1.87. The second kappa shape index (κ2) is 8.39. The number of aliphatic imine (C=N–C) groups is 1. The maximum atomic E-state index is 4.55. The average Bonchev–Trinajstić information content (AvgIpc) is 3.26. The molecule has 1 N–H and O–H groups in total. The van der Waals surface area contributed by atoms with E-state index in [9.17, 15) is 0 Å². The van der Waals surface area contributed by atoms with Gasteiger partial charge in [-0.15, -0.1) is 11.3 Å². The molecular weight excluding hydrogens is 354 g/mol. The number of nitrogens with zero attached hydrogens (tertiary/aromatic N) is 4. The third kappa shape index (κ3) is 4.06. The molecule has 0 bridgehead atoms. The molecule has 0 amide bonds. The Labute approximate surface area is 164 Å². The Bertz CT molecular complexity index is 893. The lowest BCUT2D eigenvalue weighted by molar-refractivity contribution is 0.374. The maximum Gasteiger partial charge on any atom is 0.193 e. The number of thiophene rings is 1. The Hall–Kier alpha value is -2.60. The Morgan fingerprint density at radius 3 is 2.74 bits per heavy atom. The highest BCUT2D eigenvalue weighted by atomic mass is 32.1. The zero-order chi connectivity index (χ0) is 18.5. The van der Waals surface area contributed by atoms with Crippen molar-refractivity contribution in [3.8, 4) is 0 Å². The molecule has 5 nitrogen and oxygen atoms in total. The average molecular weight is 380 g/mol. The summed E-state index contributed by atoms with van der Waals surface area (Å²) in [5, 5.41) is 8.24. The Morgan fingerprint density at radius 2 is 1.96 bits per heavy atom. The first-order chi connectivity index (χ1) is 13.3. The number of fused-ring (bicyclic) bond motifs is 1. The topological polar surface area (TPSA) is 43.8 Å². The summed E-state index contributed by atoms with van der Waals surface area (Å²) < 4.78 is 0. The van der Waals surface area contributed by atoms with Gasteiger partial charge in [-0.05, 0) is 35.6 Å². The predicted molar refractivity (Wildman–Crippen MR) is 115 cm³/mol. The number of para-hydroxylation sites is 1. The van der Waals surface area contributed by atoms with E-state index in [1.807, 2.05) is 30.6 Å². The number of benzene rings is 1. The number of piperazine rings is 1. The molecule has 0 unspecified atom stereocenters. The largest absolute Gasteiger partial charge is 0.360 e. The van der Waals surface area contributed by atoms with Gasteiger partial charge in [0.25, 0.3) is 0 Å². The van der Waals surface area contributed by atoms with Gasteiger partial charge in [-0.2, -0.15) is 0 Å². The summed E-state index contributed by atoms with van der Waals surface area (Å²) in [5.74, 6) is 0.994. The van der Waals surface area contributed by atoms with Gasteiger partial charge in [-0.1, -0.05) is 24.3 Å². The van der Waals surface area contributed by atoms with E-state index < -0.39 is 0 Å². The van der Waals surface area contributed by atoms with E-state index in [1.54, 1.807) is 0 Å². The number of hydrogen-bond acceptors (Lipinski definition) is 4. The van der Waals surface area contributed by atoms with E-state index in [-0.39, 0.29) is 0 Å². The molecule has 1 saturated heterocycles. The van der Waals surface area contributed by atoms with Crippen molar-refractivity contribution in [2.24, 2.45) is 4.99 Å². The zero-order valence-corrected chi connectivity index (χ0v) is 16.5. The first-order valence-electron chi connectivity index (χ1n) is 9.42. The molecule has 0 aliphatic carbocycles. The highest BCUT2D eigenvalue weighted by Crippen LogP contribution is 2.22. The molecular formula is C21H25N5S. The first kappa shape index (κ1) is 17.8. The van der Waals surface area contributed by atoms with Crippen molar-refractivity contribution in [3.63, 3.8) is 0 Å². The van der Waals surface area contributed by atoms with Crippen LogP contribution >= 0.6 is 11.3 Å². The highest BCUT2D eigenvalue weighted by Gasteiger charge is 2.20. The van der Waals surface area contributed by atoms with Crippen LogP contribution in [0.2, 0.25) is 0 Å². The molecule has 1 aliphatic heterocycles. The van der Waals surface area contributed by atoms with Crippen LogP contribution in [0.3, 0.4) is 0 Å². The van der Waals surface area contributed by atoms with Gasteiger partial charge >= 0.3 is 0 Å². The monoisotopic (exact) mass is 379 g/mol. The first-order valence-corrected chi connectivity index (χ1v) is 10.3. The SMILES string of the molecule is CN=C(NCCc1cccc2cccnc12)N1CCN(c2cccs2)CC1. The third-order valence-corrected chi connectivity index (χ3v) is 5.93. The third-order valence-electron chi connectivity index (χ3n) is 5.00. The van der Waals surface area contributed by atoms with Gasteiger partial charge in [0, 0.05) is 51.4 Å². The molecule has 1 aromatic carbocycles. The molecule has 3 heterocycles. The molecule has 1 fully saturated rings. The van der Waals surface area contributed by atoms with Gasteiger partial charge in [-0.3, -0.25) is 9.98 Å². The lowest BCUT2D eigenvalue weighted by atomic mass is 10.1. The van der Waals surface area contributed by atoms with Gasteiger partial charge < -0.3 is 15.1 Å². The van der Waals surface area contributed by atoms with Crippen LogP contribution in [0.4, 0.5) is 5.00 Å². The summed E-state index contributed by atoms with van der Waals surface area (Å²) in [5.41, 5.74) is 2.37. The van der Waals surface area contributed by atoms with Crippen molar-refractivity contribution in [1.82, 2.24) is 15.2 Å². The number of nitrogens with one attached hydrogen (secondary N) is 1. The fourth-order valence-electron chi connectivity index (χ4n) is 3.60. The lowest BCUT2D eigenvalue weighted by Gasteiger charge is -2.37. The maximum absolute atomic E-state index is 4.55. The Kier molecular flexibility index (Phi) is 5.53. The predicted octanol–water partition coefficient (Wildman–Crippen LogP) is 3.24. The zero-order valence-electron chi connectivity index (χ0n) is 15.6. The van der Waals surface area contributed by atoms with E-state index in [2.05, 4.69) is 66.9 Å². The molecule has 0 saturated carbocycles. The molecule has 6 heteroatoms. The molecule has 0 radical (unpaired) electrons. The van der Waals surface area contributed by atoms with Crippen LogP contribution in [0, 0.1) is 0 Å². The van der Waals surface area contributed by atoms with Crippen molar-refractivity contribution in [1.29, 1.82) is 0 Å². The highest BCUT2D eigenvalue weighted by molar-refractivity contribution is 7.14. The standard InChI is InChI=1S/C21H25N5S/c1-22-21(26-14-12-25(13-15-26)19-8-4-16-27-19)24-11-9-18-6-2-5-17-7-3-10-23-20(17)18/h2-8,10,16H,9,11-15H2,1H3,(H,22,24). The van der Waals surface area contributed by atoms with Crippen LogP contribution in [-0.4, -0.2) is 55.6 Å². The van der Waals surface area contributed by atoms with Crippen molar-refractivity contribution in [3.05, 3.63) is 59.6 Å². The molecule has 3 aromatic rings. The van der Waals surface area contributed by atoms with E-state index in [4.69, 9.17) is 0 Å². The number of pyridine rings is 1. The minimum Gasteiger partial charge on any atom is -0.360 e. The number of aromatic nitrogens is 1. The lowest BCUT2D eigenvalue weighted by Crippen LogP contribution is -2.52. The smallest absolute Gasteiger partial charge is 0.193 e. The molecule has 0 spiro atoms. The van der Waals surface area contributed by atoms with Gasteiger partial charge in [0.2, 0.25) is 0 Å². The molecule has 140 valence electrons. The molecule has 4 rings (SSSR count). The minimum absolute atomic E-state index is 0.855. The van der Waals surface area contributed by atoms with Crippen LogP contribution in [0.15, 0.2) is 59.0 Å². The molecule has 1 aliphatic rings. The summed E-state index contributed by atoms with van der Waals surface area (Å²) >= 11 is 1.81. The van der Waals surface area contributed by atoms with Crippen LogP contribution in [0.25, 0.3) is 10.9 Å². The van der Waals surface area contributed by atoms with E-state index in [0.29, 0.717) is 0 Å². The number of rotatable bonds is 4. The summed E-state index contributed by atoms with van der Waals surface area (Å²) in [6, 6.07) is 14.8. The van der Waals surface area contributed by atoms with Gasteiger partial charge in [0.15, 0.2) is 5.96 Å². The second-order valence-electron chi connectivity index (χ2n) is 6.64. The molecule has 0 atom stereocenters. The quantitative estimate of drug-likeness (QED) is 0.558. The Morgan fingerprint density at radius 1 is 1.11 bits per heavy atom.